The number of ether oxygens (including phenoxy) is 1. The summed E-state index contributed by atoms with van der Waals surface area (Å²) in [5.74, 6) is -4.42. The third kappa shape index (κ3) is 1.98. The molecule has 0 N–H and O–H groups in total. The number of rotatable bonds is 1. The average molecular weight is 258 g/mol. The average Bonchev–Trinajstić information content (AvgIpc) is 2.29. The predicted octanol–water partition coefficient (Wildman–Crippen LogP) is 2.32. The molecule has 6 heteroatoms. The van der Waals surface area contributed by atoms with Crippen molar-refractivity contribution in [3.05, 3.63) is 29.3 Å². The second-order valence-electron chi connectivity index (χ2n) is 4.04. The van der Waals surface area contributed by atoms with Crippen molar-refractivity contribution < 1.29 is 27.5 Å². The predicted molar refractivity (Wildman–Crippen MR) is 55.6 cm³/mol. The smallest absolute Gasteiger partial charge is 0.450 e. The molecule has 2 rings (SSSR count). The van der Waals surface area contributed by atoms with Crippen molar-refractivity contribution in [1.82, 2.24) is 0 Å². The van der Waals surface area contributed by atoms with Crippen LogP contribution in [0.25, 0.3) is 0 Å². The van der Waals surface area contributed by atoms with Crippen LogP contribution in [0.4, 0.5) is 13.2 Å². The van der Waals surface area contributed by atoms with Crippen LogP contribution in [0.5, 0.6) is 5.75 Å². The maximum absolute atomic E-state index is 12.3. The second kappa shape index (κ2) is 4.12. The largest absolute Gasteiger partial charge is 0.491 e. The number of para-hydroxylation sites is 1. The lowest BCUT2D eigenvalue weighted by Crippen LogP contribution is -2.41. The maximum atomic E-state index is 12.3. The Bertz CT molecular complexity index is 520. The monoisotopic (exact) mass is 258 g/mol. The Kier molecular flexibility index (Phi) is 2.88. The molecule has 96 valence electrons. The van der Waals surface area contributed by atoms with Gasteiger partial charge < -0.3 is 4.74 Å². The number of benzene rings is 1. The molecule has 0 saturated heterocycles. The number of ketones is 2. The van der Waals surface area contributed by atoms with E-state index in [1.165, 1.54) is 12.1 Å². The lowest BCUT2D eigenvalue weighted by Gasteiger charge is -2.24. The summed E-state index contributed by atoms with van der Waals surface area (Å²) in [6, 6.07) is 4.58. The first-order chi connectivity index (χ1) is 8.32. The summed E-state index contributed by atoms with van der Waals surface area (Å²) < 4.78 is 42.0. The van der Waals surface area contributed by atoms with Crippen LogP contribution < -0.4 is 4.74 Å². The SMILES string of the molecule is Cc1cccc2c1OCC(C(=O)C(F)(F)F)C2=O. The first kappa shape index (κ1) is 12.6. The molecule has 0 amide bonds. The van der Waals surface area contributed by atoms with Crippen LogP contribution in [0.1, 0.15) is 15.9 Å². The highest BCUT2D eigenvalue weighted by Gasteiger charge is 2.48. The molecule has 0 radical (unpaired) electrons. The van der Waals surface area contributed by atoms with E-state index in [2.05, 4.69) is 0 Å². The topological polar surface area (TPSA) is 43.4 Å². The summed E-state index contributed by atoms with van der Waals surface area (Å²) in [7, 11) is 0. The quantitative estimate of drug-likeness (QED) is 0.726. The van der Waals surface area contributed by atoms with Gasteiger partial charge in [-0.25, -0.2) is 0 Å². The number of aryl methyl sites for hydroxylation is 1. The number of carbonyl (C=O) groups excluding carboxylic acids is 2. The van der Waals surface area contributed by atoms with Gasteiger partial charge in [0.15, 0.2) is 5.78 Å². The fourth-order valence-corrected chi connectivity index (χ4v) is 1.86. The van der Waals surface area contributed by atoms with E-state index in [9.17, 15) is 22.8 Å². The van der Waals surface area contributed by atoms with E-state index in [1.54, 1.807) is 13.0 Å². The molecule has 1 heterocycles. The Morgan fingerprint density at radius 2 is 2.06 bits per heavy atom. The van der Waals surface area contributed by atoms with Gasteiger partial charge in [0.1, 0.15) is 18.3 Å². The van der Waals surface area contributed by atoms with E-state index < -0.39 is 30.3 Å². The summed E-state index contributed by atoms with van der Waals surface area (Å²) >= 11 is 0. The first-order valence-electron chi connectivity index (χ1n) is 5.20. The van der Waals surface area contributed by atoms with Crippen LogP contribution in [0.3, 0.4) is 0 Å². The minimum absolute atomic E-state index is 0.0313. The fourth-order valence-electron chi connectivity index (χ4n) is 1.86. The molecule has 0 fully saturated rings. The number of alkyl halides is 3. The third-order valence-corrected chi connectivity index (χ3v) is 2.78. The standard InChI is InChI=1S/C12H9F3O3/c1-6-3-2-4-7-9(16)8(5-18-10(6)7)11(17)12(13,14)15/h2-4,8H,5H2,1H3. The van der Waals surface area contributed by atoms with E-state index in [4.69, 9.17) is 4.74 Å². The molecule has 1 atom stereocenters. The van der Waals surface area contributed by atoms with Crippen molar-refractivity contribution in [1.29, 1.82) is 0 Å². The van der Waals surface area contributed by atoms with Crippen molar-refractivity contribution >= 4 is 11.6 Å². The second-order valence-corrected chi connectivity index (χ2v) is 4.04. The highest BCUT2D eigenvalue weighted by atomic mass is 19.4. The molecule has 18 heavy (non-hydrogen) atoms. The number of Topliss-reactive ketones (excluding diaryl/α,β-unsaturated/α-hetero) is 2. The Balaban J connectivity index is 2.38. The van der Waals surface area contributed by atoms with Crippen LogP contribution in [0.2, 0.25) is 0 Å². The number of hydrogen-bond acceptors (Lipinski definition) is 3. The Morgan fingerprint density at radius 1 is 1.39 bits per heavy atom. The molecule has 1 aliphatic heterocycles. The van der Waals surface area contributed by atoms with E-state index in [0.29, 0.717) is 5.56 Å². The zero-order chi connectivity index (χ0) is 13.5. The molecule has 0 saturated carbocycles. The van der Waals surface area contributed by atoms with Gasteiger partial charge in [-0.15, -0.1) is 0 Å². The summed E-state index contributed by atoms with van der Waals surface area (Å²) in [5.41, 5.74) is 0.683. The third-order valence-electron chi connectivity index (χ3n) is 2.78. The Labute approximate surface area is 101 Å². The summed E-state index contributed by atoms with van der Waals surface area (Å²) in [5, 5.41) is 0. The van der Waals surface area contributed by atoms with Gasteiger partial charge in [-0.2, -0.15) is 13.2 Å². The molecule has 3 nitrogen and oxygen atoms in total. The maximum Gasteiger partial charge on any atom is 0.450 e. The lowest BCUT2D eigenvalue weighted by atomic mass is 9.90. The van der Waals surface area contributed by atoms with Gasteiger partial charge >= 0.3 is 6.18 Å². The highest BCUT2D eigenvalue weighted by Crippen LogP contribution is 2.33. The van der Waals surface area contributed by atoms with E-state index in [1.807, 2.05) is 0 Å². The Morgan fingerprint density at radius 3 is 2.67 bits per heavy atom. The van der Waals surface area contributed by atoms with Crippen molar-refractivity contribution in [2.75, 3.05) is 6.61 Å². The molecule has 0 aliphatic carbocycles. The molecule has 0 bridgehead atoms. The molecule has 1 aromatic rings. The molecule has 0 spiro atoms. The van der Waals surface area contributed by atoms with Crippen LogP contribution in [-0.4, -0.2) is 24.3 Å². The number of carbonyl (C=O) groups is 2. The van der Waals surface area contributed by atoms with Gasteiger partial charge in [0.25, 0.3) is 5.78 Å². The van der Waals surface area contributed by atoms with Crippen LogP contribution in [0, 0.1) is 12.8 Å². The molecule has 1 unspecified atom stereocenters. The molecule has 1 aromatic carbocycles. The molecular weight excluding hydrogens is 249 g/mol. The Hall–Kier alpha value is -1.85. The van der Waals surface area contributed by atoms with Crippen molar-refractivity contribution in [2.45, 2.75) is 13.1 Å². The van der Waals surface area contributed by atoms with E-state index in [-0.39, 0.29) is 11.3 Å². The molecular formula is C12H9F3O3. The minimum Gasteiger partial charge on any atom is -0.491 e. The van der Waals surface area contributed by atoms with Gasteiger partial charge in [0, 0.05) is 0 Å². The minimum atomic E-state index is -5.02. The van der Waals surface area contributed by atoms with Crippen molar-refractivity contribution in [2.24, 2.45) is 5.92 Å². The van der Waals surface area contributed by atoms with Crippen molar-refractivity contribution in [3.63, 3.8) is 0 Å². The van der Waals surface area contributed by atoms with Gasteiger partial charge in [0.2, 0.25) is 0 Å². The normalized spacial score (nSPS) is 19.1. The fraction of sp³-hybridized carbons (Fsp3) is 0.333. The first-order valence-corrected chi connectivity index (χ1v) is 5.20. The lowest BCUT2D eigenvalue weighted by molar-refractivity contribution is -0.174. The number of fused-ring (bicyclic) bond motifs is 1. The zero-order valence-corrected chi connectivity index (χ0v) is 9.38. The number of hydrogen-bond donors (Lipinski definition) is 0. The van der Waals surface area contributed by atoms with Gasteiger partial charge in [-0.05, 0) is 18.6 Å². The zero-order valence-electron chi connectivity index (χ0n) is 9.38. The summed E-state index contributed by atoms with van der Waals surface area (Å²) in [4.78, 5) is 23.0. The van der Waals surface area contributed by atoms with Gasteiger partial charge in [0.05, 0.1) is 5.56 Å². The van der Waals surface area contributed by atoms with Gasteiger partial charge in [-0.3, -0.25) is 9.59 Å². The molecule has 1 aliphatic rings. The summed E-state index contributed by atoms with van der Waals surface area (Å²) in [6.45, 7) is 1.12. The van der Waals surface area contributed by atoms with Gasteiger partial charge in [-0.1, -0.05) is 12.1 Å². The molecule has 0 aromatic heterocycles. The highest BCUT2D eigenvalue weighted by molar-refractivity contribution is 6.14. The van der Waals surface area contributed by atoms with Crippen LogP contribution >= 0.6 is 0 Å². The van der Waals surface area contributed by atoms with E-state index in [0.717, 1.165) is 0 Å². The van der Waals surface area contributed by atoms with E-state index >= 15 is 0 Å². The van der Waals surface area contributed by atoms with Crippen molar-refractivity contribution in [3.8, 4) is 5.75 Å². The number of halogens is 3. The van der Waals surface area contributed by atoms with Crippen LogP contribution in [0.15, 0.2) is 18.2 Å². The summed E-state index contributed by atoms with van der Waals surface area (Å²) in [6.07, 6.45) is -5.02. The van der Waals surface area contributed by atoms with Crippen LogP contribution in [-0.2, 0) is 4.79 Å².